The molecule has 16 heavy (non-hydrogen) atoms. The quantitative estimate of drug-likeness (QED) is 0.876. The molecule has 0 fully saturated rings. The van der Waals surface area contributed by atoms with Crippen molar-refractivity contribution < 1.29 is 4.74 Å². The van der Waals surface area contributed by atoms with E-state index in [1.165, 1.54) is 5.56 Å². The van der Waals surface area contributed by atoms with E-state index in [2.05, 4.69) is 18.4 Å². The predicted molar refractivity (Wildman–Crippen MR) is 68.1 cm³/mol. The molecule has 3 heteroatoms. The van der Waals surface area contributed by atoms with Gasteiger partial charge >= 0.3 is 0 Å². The van der Waals surface area contributed by atoms with Gasteiger partial charge in [0, 0.05) is 6.54 Å². The van der Waals surface area contributed by atoms with Crippen LogP contribution in [0.3, 0.4) is 0 Å². The van der Waals surface area contributed by atoms with Crippen molar-refractivity contribution in [2.75, 3.05) is 0 Å². The lowest BCUT2D eigenvalue weighted by Gasteiger charge is -2.03. The van der Waals surface area contributed by atoms with Gasteiger partial charge in [0.1, 0.15) is 5.75 Å². The highest BCUT2D eigenvalue weighted by atomic mass is 32.1. The van der Waals surface area contributed by atoms with Crippen LogP contribution in [0.25, 0.3) is 0 Å². The molecule has 0 spiro atoms. The first kappa shape index (κ1) is 11.2. The largest absolute Gasteiger partial charge is 0.447 e. The van der Waals surface area contributed by atoms with Crippen molar-refractivity contribution in [2.24, 2.45) is 5.73 Å². The van der Waals surface area contributed by atoms with Crippen molar-refractivity contribution in [3.05, 3.63) is 46.8 Å². The van der Waals surface area contributed by atoms with Crippen LogP contribution < -0.4 is 10.5 Å². The maximum Gasteiger partial charge on any atom is 0.181 e. The van der Waals surface area contributed by atoms with Crippen molar-refractivity contribution in [3.8, 4) is 10.8 Å². The molecule has 0 saturated heterocycles. The van der Waals surface area contributed by atoms with E-state index in [1.807, 2.05) is 24.3 Å². The number of rotatable bonds is 4. The minimum Gasteiger partial charge on any atom is -0.447 e. The molecule has 2 nitrogen and oxygen atoms in total. The molecule has 0 radical (unpaired) electrons. The van der Waals surface area contributed by atoms with Gasteiger partial charge in [-0.15, -0.1) is 11.3 Å². The fourth-order valence-corrected chi connectivity index (χ4v) is 2.27. The van der Waals surface area contributed by atoms with E-state index in [9.17, 15) is 0 Å². The highest BCUT2D eigenvalue weighted by Crippen LogP contribution is 2.28. The van der Waals surface area contributed by atoms with Gasteiger partial charge in [0.05, 0.1) is 0 Å². The van der Waals surface area contributed by atoms with Crippen LogP contribution >= 0.6 is 11.3 Å². The number of hydrogen-bond donors (Lipinski definition) is 1. The highest BCUT2D eigenvalue weighted by Gasteiger charge is 2.01. The number of thiophene rings is 1. The molecule has 1 heterocycles. The first-order valence-corrected chi connectivity index (χ1v) is 6.24. The zero-order valence-corrected chi connectivity index (χ0v) is 10.1. The van der Waals surface area contributed by atoms with E-state index in [4.69, 9.17) is 10.5 Å². The summed E-state index contributed by atoms with van der Waals surface area (Å²) in [5, 5.41) is 3.07. The van der Waals surface area contributed by atoms with E-state index in [-0.39, 0.29) is 0 Å². The van der Waals surface area contributed by atoms with Gasteiger partial charge < -0.3 is 10.5 Å². The Balaban J connectivity index is 2.08. The predicted octanol–water partition coefficient (Wildman–Crippen LogP) is 3.56. The van der Waals surface area contributed by atoms with Crippen LogP contribution in [0.1, 0.15) is 18.1 Å². The second kappa shape index (κ2) is 5.14. The summed E-state index contributed by atoms with van der Waals surface area (Å²) in [6.07, 6.45) is 1.05. The Labute approximate surface area is 99.7 Å². The summed E-state index contributed by atoms with van der Waals surface area (Å²) in [4.78, 5) is 0. The number of hydrogen-bond acceptors (Lipinski definition) is 3. The standard InChI is InChI=1S/C13H15NOS/c1-2-10-7-13(16-9-10)15-12-5-3-11(8-14)4-6-12/h3-7,9H,2,8,14H2,1H3. The molecule has 0 bridgehead atoms. The molecule has 0 amide bonds. The Kier molecular flexibility index (Phi) is 3.59. The van der Waals surface area contributed by atoms with E-state index < -0.39 is 0 Å². The summed E-state index contributed by atoms with van der Waals surface area (Å²) in [5.74, 6) is 0.863. The lowest BCUT2D eigenvalue weighted by Crippen LogP contribution is -1.95. The van der Waals surface area contributed by atoms with Crippen LogP contribution in [0.4, 0.5) is 0 Å². The van der Waals surface area contributed by atoms with Crippen LogP contribution in [0.15, 0.2) is 35.7 Å². The molecule has 0 aliphatic carbocycles. The van der Waals surface area contributed by atoms with Crippen molar-refractivity contribution in [3.63, 3.8) is 0 Å². The number of ether oxygens (including phenoxy) is 1. The van der Waals surface area contributed by atoms with E-state index >= 15 is 0 Å². The van der Waals surface area contributed by atoms with Crippen molar-refractivity contribution in [1.29, 1.82) is 0 Å². The molecule has 0 atom stereocenters. The molecular weight excluding hydrogens is 218 g/mol. The summed E-state index contributed by atoms with van der Waals surface area (Å²) in [7, 11) is 0. The average molecular weight is 233 g/mol. The zero-order valence-electron chi connectivity index (χ0n) is 9.27. The van der Waals surface area contributed by atoms with Crippen molar-refractivity contribution in [1.82, 2.24) is 0 Å². The van der Waals surface area contributed by atoms with Gasteiger partial charge in [-0.25, -0.2) is 0 Å². The monoisotopic (exact) mass is 233 g/mol. The fraction of sp³-hybridized carbons (Fsp3) is 0.231. The third kappa shape index (κ3) is 2.62. The van der Waals surface area contributed by atoms with E-state index in [0.29, 0.717) is 6.54 Å². The topological polar surface area (TPSA) is 35.2 Å². The first-order chi connectivity index (χ1) is 7.81. The molecule has 0 saturated carbocycles. The summed E-state index contributed by atoms with van der Waals surface area (Å²) in [6.45, 7) is 2.71. The molecule has 0 unspecified atom stereocenters. The Morgan fingerprint density at radius 3 is 2.50 bits per heavy atom. The molecule has 2 rings (SSSR count). The lowest BCUT2D eigenvalue weighted by molar-refractivity contribution is 0.496. The molecule has 0 aliphatic rings. The van der Waals surface area contributed by atoms with Crippen LogP contribution in [0.2, 0.25) is 0 Å². The van der Waals surface area contributed by atoms with Gasteiger partial charge in [0.25, 0.3) is 0 Å². The Bertz CT molecular complexity index is 447. The third-order valence-corrected chi connectivity index (χ3v) is 3.27. The minimum atomic E-state index is 0.569. The second-order valence-corrected chi connectivity index (χ2v) is 4.45. The molecule has 1 aromatic heterocycles. The SMILES string of the molecule is CCc1csc(Oc2ccc(CN)cc2)c1. The Morgan fingerprint density at radius 2 is 1.94 bits per heavy atom. The maximum atomic E-state index is 5.74. The number of nitrogens with two attached hydrogens (primary N) is 1. The Hall–Kier alpha value is -1.32. The Morgan fingerprint density at radius 1 is 1.19 bits per heavy atom. The van der Waals surface area contributed by atoms with Crippen LogP contribution in [0.5, 0.6) is 10.8 Å². The summed E-state index contributed by atoms with van der Waals surface area (Å²) in [5.41, 5.74) is 7.97. The van der Waals surface area contributed by atoms with Gasteiger partial charge in [-0.3, -0.25) is 0 Å². The van der Waals surface area contributed by atoms with Gasteiger partial charge in [0.15, 0.2) is 5.06 Å². The van der Waals surface area contributed by atoms with E-state index in [0.717, 1.165) is 22.8 Å². The van der Waals surface area contributed by atoms with Crippen LogP contribution in [-0.4, -0.2) is 0 Å². The molecule has 84 valence electrons. The molecule has 2 N–H and O–H groups in total. The van der Waals surface area contributed by atoms with Gasteiger partial charge in [-0.1, -0.05) is 19.1 Å². The van der Waals surface area contributed by atoms with Crippen LogP contribution in [-0.2, 0) is 13.0 Å². The summed E-state index contributed by atoms with van der Waals surface area (Å²) < 4.78 is 5.74. The van der Waals surface area contributed by atoms with Crippen molar-refractivity contribution in [2.45, 2.75) is 19.9 Å². The fourth-order valence-electron chi connectivity index (χ4n) is 1.40. The summed E-state index contributed by atoms with van der Waals surface area (Å²) in [6, 6.07) is 9.97. The minimum absolute atomic E-state index is 0.569. The average Bonchev–Trinajstić information content (AvgIpc) is 2.78. The van der Waals surface area contributed by atoms with Gasteiger partial charge in [-0.2, -0.15) is 0 Å². The number of benzene rings is 1. The summed E-state index contributed by atoms with van der Waals surface area (Å²) >= 11 is 1.63. The normalized spacial score (nSPS) is 10.4. The smallest absolute Gasteiger partial charge is 0.181 e. The molecular formula is C13H15NOS. The van der Waals surface area contributed by atoms with Gasteiger partial charge in [0.2, 0.25) is 0 Å². The molecule has 2 aromatic rings. The molecule has 0 aliphatic heterocycles. The van der Waals surface area contributed by atoms with E-state index in [1.54, 1.807) is 11.3 Å². The highest BCUT2D eigenvalue weighted by molar-refractivity contribution is 7.12. The first-order valence-electron chi connectivity index (χ1n) is 5.36. The third-order valence-electron chi connectivity index (χ3n) is 2.42. The zero-order chi connectivity index (χ0) is 11.4. The lowest BCUT2D eigenvalue weighted by atomic mass is 10.2. The van der Waals surface area contributed by atoms with Crippen LogP contribution in [0, 0.1) is 0 Å². The second-order valence-electron chi connectivity index (χ2n) is 3.58. The number of aryl methyl sites for hydroxylation is 1. The van der Waals surface area contributed by atoms with Gasteiger partial charge in [-0.05, 0) is 41.1 Å². The maximum absolute atomic E-state index is 5.74. The molecule has 1 aromatic carbocycles. The van der Waals surface area contributed by atoms with Crippen molar-refractivity contribution >= 4 is 11.3 Å².